The van der Waals surface area contributed by atoms with Gasteiger partial charge in [-0.15, -0.1) is 0 Å². The number of hydrogen-bond acceptors (Lipinski definition) is 24. The maximum absolute atomic E-state index is 13.1. The molecule has 0 bridgehead atoms. The molecule has 16 aromatic heterocycles. The Morgan fingerprint density at radius 1 is 0.378 bits per heavy atom. The summed E-state index contributed by atoms with van der Waals surface area (Å²) in [6, 6.07) is 28.1. The van der Waals surface area contributed by atoms with E-state index in [2.05, 4.69) is 129 Å². The Bertz CT molecular complexity index is 6850. The lowest BCUT2D eigenvalue weighted by Gasteiger charge is -2.40. The van der Waals surface area contributed by atoms with Gasteiger partial charge in [0, 0.05) is 73.9 Å². The molecular formula is C87H98N28O4. The molecule has 0 unspecified atom stereocenters. The van der Waals surface area contributed by atoms with E-state index >= 15 is 0 Å². The van der Waals surface area contributed by atoms with Gasteiger partial charge >= 0.3 is 0 Å². The minimum absolute atomic E-state index is 0.0988. The van der Waals surface area contributed by atoms with Gasteiger partial charge in [0.05, 0.1) is 138 Å². The summed E-state index contributed by atoms with van der Waals surface area (Å²) in [5, 5.41) is 35.6. The van der Waals surface area contributed by atoms with Crippen molar-refractivity contribution in [2.75, 3.05) is 83.9 Å². The Morgan fingerprint density at radius 2 is 0.748 bits per heavy atom. The van der Waals surface area contributed by atoms with E-state index in [1.165, 1.54) is 31.7 Å². The van der Waals surface area contributed by atoms with Crippen LogP contribution in [0.4, 0.5) is 5.69 Å². The SMILES string of the molecule is CCN1CCC(c2ccc3nc(-c4cc5c(C)nc(C)cn5n4)cc(=O)n3n2)CC1.CCN1CCN(c2cc(C)c3nc(-c4cc5c(C)nc(C)cn5n4)cc(=O)n3c2)C[C@H]1C.Cc1cn2nc(-c3cc(=O)n4nc(C5CCN(C)CC5)ccc4n3)cc2c(C)n1.Cc1cn2nc(-c3cc(=O)n4nc(C5CCNCC5)ccc4n3)cc2c(C)n1. The smallest absolute Gasteiger partial charge is 0.275 e. The van der Waals surface area contributed by atoms with E-state index in [0.29, 0.717) is 91.9 Å². The summed E-state index contributed by atoms with van der Waals surface area (Å²) in [6.45, 7) is 35.5. The topological polar surface area (TPSA) is 322 Å². The van der Waals surface area contributed by atoms with E-state index in [1.54, 1.807) is 24.0 Å². The lowest BCUT2D eigenvalue weighted by Crippen LogP contribution is -2.51. The molecule has 0 amide bonds. The standard InChI is InChI=1S/C24H29N7O.C22H25N7O.C21H23N7O.C20H21N7O/c1-6-28-7-8-29(13-17(28)4)19-9-15(2)24-26-20(11-23(32)30(24)14-19)21-10-22-18(5)25-16(3)12-31(22)27-21;1-4-27-9-7-16(8-10-27)17-5-6-21-24-18(12-22(30)29(21)26-17)19-11-20-15(3)23-14(2)13-28(20)25-19;1-13-12-27-19(14(2)22-13)10-18(24-27)17-11-21(29)28-20(23-17)5-4-16(25-28)15-6-8-26(3)9-7-15;1-12-11-26-18(13(2)22-12)9-17(24-26)16-10-20(28)27-19(23-16)4-3-15(25-27)14-5-7-21-8-6-14/h9-12,14,17H,6-8,13H2,1-5H3;5-6,11-13,16H,4,7-10H2,1-3H3;4-5,10-12,15H,6-9H2,1-3H3;3-4,9-11,14,21H,5-8H2,1-2H3/t17-;;;/m1.../s1. The monoisotopic (exact) mass is 1600 g/mol. The van der Waals surface area contributed by atoms with E-state index in [9.17, 15) is 19.2 Å². The number of likely N-dealkylation sites (tertiary alicyclic amines) is 2. The molecule has 4 aliphatic rings. The zero-order valence-corrected chi connectivity index (χ0v) is 69.6. The zero-order chi connectivity index (χ0) is 82.8. The average Bonchev–Trinajstić information content (AvgIpc) is 1.76. The van der Waals surface area contributed by atoms with Crippen LogP contribution in [-0.4, -0.2) is 211 Å². The number of fused-ring (bicyclic) bond motifs is 8. The lowest BCUT2D eigenvalue weighted by atomic mass is 9.93. The molecule has 20 heterocycles. The Kier molecular flexibility index (Phi) is 21.7. The van der Waals surface area contributed by atoms with Crippen LogP contribution in [0.1, 0.15) is 145 Å². The van der Waals surface area contributed by atoms with Crippen LogP contribution >= 0.6 is 0 Å². The largest absolute Gasteiger partial charge is 0.367 e. The van der Waals surface area contributed by atoms with Gasteiger partial charge in [-0.25, -0.2) is 38.0 Å². The highest BCUT2D eigenvalue weighted by Gasteiger charge is 2.28. The highest BCUT2D eigenvalue weighted by atomic mass is 16.1. The predicted octanol–water partition coefficient (Wildman–Crippen LogP) is 9.58. The Hall–Kier alpha value is -12.7. The van der Waals surface area contributed by atoms with E-state index < -0.39 is 0 Å². The van der Waals surface area contributed by atoms with Crippen molar-refractivity contribution < 1.29 is 0 Å². The first kappa shape index (κ1) is 78.8. The zero-order valence-electron chi connectivity index (χ0n) is 69.6. The summed E-state index contributed by atoms with van der Waals surface area (Å²) in [5.74, 6) is 1.16. The summed E-state index contributed by atoms with van der Waals surface area (Å²) >= 11 is 0. The number of aromatic nitrogens is 23. The van der Waals surface area contributed by atoms with E-state index in [-0.39, 0.29) is 22.2 Å². The number of likely N-dealkylation sites (N-methyl/N-ethyl adjacent to an activating group) is 1. The molecule has 16 aromatic rings. The number of anilines is 1. The molecular weight excluding hydrogens is 1500 g/mol. The molecule has 1 atom stereocenters. The number of pyridine rings is 1. The van der Waals surface area contributed by atoms with Crippen LogP contribution in [0, 0.1) is 62.3 Å². The Labute approximate surface area is 685 Å². The molecule has 4 aliphatic heterocycles. The third-order valence-corrected chi connectivity index (χ3v) is 23.5. The average molecular weight is 1600 g/mol. The summed E-state index contributed by atoms with van der Waals surface area (Å²) in [6.07, 6.45) is 15.8. The number of hydrogen-bond donors (Lipinski definition) is 1. The van der Waals surface area contributed by atoms with Crippen molar-refractivity contribution in [3.63, 3.8) is 0 Å². The first-order valence-electron chi connectivity index (χ1n) is 41.2. The Morgan fingerprint density at radius 3 is 1.13 bits per heavy atom. The first-order chi connectivity index (χ1) is 57.4. The first-order valence-corrected chi connectivity index (χ1v) is 41.2. The van der Waals surface area contributed by atoms with Crippen LogP contribution < -0.4 is 32.5 Å². The number of nitrogens with one attached hydrogen (secondary N) is 1. The number of piperazine rings is 1. The van der Waals surface area contributed by atoms with Gasteiger partial charge in [-0.05, 0) is 239 Å². The van der Waals surface area contributed by atoms with Gasteiger partial charge in [-0.1, -0.05) is 13.8 Å². The van der Waals surface area contributed by atoms with Crippen molar-refractivity contribution >= 4 is 50.3 Å². The number of rotatable bonds is 10. The highest BCUT2D eigenvalue weighted by molar-refractivity contribution is 5.71. The second-order valence-corrected chi connectivity index (χ2v) is 32.1. The van der Waals surface area contributed by atoms with Crippen LogP contribution in [0.3, 0.4) is 0 Å². The maximum atomic E-state index is 13.1. The van der Waals surface area contributed by atoms with Crippen molar-refractivity contribution in [3.05, 3.63) is 232 Å². The van der Waals surface area contributed by atoms with E-state index in [0.717, 1.165) is 206 Å². The second kappa shape index (κ2) is 32.7. The third kappa shape index (κ3) is 16.2. The van der Waals surface area contributed by atoms with Crippen molar-refractivity contribution in [3.8, 4) is 45.6 Å². The van der Waals surface area contributed by atoms with Gasteiger partial charge in [0.15, 0.2) is 16.9 Å². The van der Waals surface area contributed by atoms with Crippen LogP contribution in [0.25, 0.3) is 90.2 Å². The predicted molar refractivity (Wildman–Crippen MR) is 457 cm³/mol. The minimum atomic E-state index is -0.195. The molecule has 0 aromatic carbocycles. The minimum Gasteiger partial charge on any atom is -0.367 e. The van der Waals surface area contributed by atoms with Crippen molar-refractivity contribution in [2.45, 2.75) is 145 Å². The van der Waals surface area contributed by atoms with Gasteiger partial charge in [0.2, 0.25) is 0 Å². The fraction of sp³-hybridized carbons (Fsp3) is 0.391. The molecule has 4 fully saturated rings. The molecule has 0 radical (unpaired) electrons. The molecule has 32 heteroatoms. The highest BCUT2D eigenvalue weighted by Crippen LogP contribution is 2.32. The normalized spacial score (nSPS) is 16.3. The summed E-state index contributed by atoms with van der Waals surface area (Å²) in [4.78, 5) is 97.8. The number of aryl methyl sites for hydroxylation is 9. The quantitative estimate of drug-likeness (QED) is 0.133. The van der Waals surface area contributed by atoms with E-state index in [4.69, 9.17) is 4.98 Å². The molecule has 32 nitrogen and oxygen atoms in total. The molecule has 20 rings (SSSR count). The maximum Gasteiger partial charge on any atom is 0.275 e. The molecule has 119 heavy (non-hydrogen) atoms. The number of nitrogens with zero attached hydrogens (tertiary/aromatic N) is 27. The third-order valence-electron chi connectivity index (χ3n) is 23.5. The van der Waals surface area contributed by atoms with Gasteiger partial charge in [-0.3, -0.25) is 48.4 Å². The van der Waals surface area contributed by atoms with Crippen molar-refractivity contribution in [1.82, 2.24) is 132 Å². The van der Waals surface area contributed by atoms with Crippen LogP contribution in [0.15, 0.2) is 141 Å². The molecule has 4 saturated heterocycles. The van der Waals surface area contributed by atoms with Crippen LogP contribution in [-0.2, 0) is 0 Å². The Balaban J connectivity index is 0.000000114. The molecule has 0 spiro atoms. The summed E-state index contributed by atoms with van der Waals surface area (Å²) in [5.41, 5.74) is 22.2. The van der Waals surface area contributed by atoms with Gasteiger partial charge < -0.3 is 20.0 Å². The summed E-state index contributed by atoms with van der Waals surface area (Å²) in [7, 11) is 2.14. The van der Waals surface area contributed by atoms with Gasteiger partial charge in [-0.2, -0.15) is 49.2 Å². The fourth-order valence-corrected chi connectivity index (χ4v) is 17.1. The summed E-state index contributed by atoms with van der Waals surface area (Å²) < 4.78 is 13.1. The van der Waals surface area contributed by atoms with Crippen LogP contribution in [0.5, 0.6) is 0 Å². The molecule has 1 N–H and O–H groups in total. The van der Waals surface area contributed by atoms with Crippen LogP contribution in [0.2, 0.25) is 0 Å². The van der Waals surface area contributed by atoms with Crippen molar-refractivity contribution in [2.24, 2.45) is 0 Å². The molecule has 0 aliphatic carbocycles. The number of piperidine rings is 3. The van der Waals surface area contributed by atoms with Crippen molar-refractivity contribution in [1.29, 1.82) is 0 Å². The van der Waals surface area contributed by atoms with E-state index in [1.807, 2.05) is 158 Å². The second-order valence-electron chi connectivity index (χ2n) is 32.1. The van der Waals surface area contributed by atoms with Gasteiger partial charge in [0.25, 0.3) is 22.2 Å². The van der Waals surface area contributed by atoms with Gasteiger partial charge in [0.1, 0.15) is 28.4 Å². The fourth-order valence-electron chi connectivity index (χ4n) is 17.1. The molecule has 610 valence electrons. The lowest BCUT2D eigenvalue weighted by molar-refractivity contribution is 0.199. The molecule has 0 saturated carbocycles.